The number of fused-ring (bicyclic) bond motifs is 2. The van der Waals surface area contributed by atoms with Gasteiger partial charge in [0, 0.05) is 18.0 Å². The summed E-state index contributed by atoms with van der Waals surface area (Å²) in [4.78, 5) is 5.55. The van der Waals surface area contributed by atoms with E-state index in [0.29, 0.717) is 30.1 Å². The Morgan fingerprint density at radius 1 is 0.633 bits per heavy atom. The maximum Gasteiger partial charge on any atom is 0.115 e. The average Bonchev–Trinajstić information content (AvgIpc) is 3.46. The lowest BCUT2D eigenvalue weighted by Gasteiger charge is -2.62. The molecule has 8 atom stereocenters. The highest BCUT2D eigenvalue weighted by atomic mass is 16.5. The van der Waals surface area contributed by atoms with Crippen molar-refractivity contribution in [2.45, 2.75) is 62.3 Å². The zero-order valence-electron chi connectivity index (χ0n) is 17.3. The van der Waals surface area contributed by atoms with E-state index in [2.05, 4.69) is 70.5 Å². The van der Waals surface area contributed by atoms with E-state index >= 15 is 0 Å². The van der Waals surface area contributed by atoms with E-state index in [1.54, 1.807) is 0 Å². The number of ether oxygens (including phenoxy) is 2. The van der Waals surface area contributed by atoms with E-state index in [1.807, 2.05) is 0 Å². The number of hydrogen-bond acceptors (Lipinski definition) is 4. The highest BCUT2D eigenvalue weighted by Gasteiger charge is 2.62. The molecule has 4 heteroatoms. The molecule has 0 N–H and O–H groups in total. The molecular weight excluding hydrogens is 372 g/mol. The number of piperidine rings is 3. The van der Waals surface area contributed by atoms with Gasteiger partial charge in [-0.3, -0.25) is 9.80 Å². The van der Waals surface area contributed by atoms with Gasteiger partial charge in [-0.1, -0.05) is 60.7 Å². The number of benzene rings is 2. The zero-order valence-corrected chi connectivity index (χ0v) is 17.3. The first-order chi connectivity index (χ1) is 14.9. The predicted octanol–water partition coefficient (Wildman–Crippen LogP) is 4.36. The molecule has 156 valence electrons. The van der Waals surface area contributed by atoms with Crippen molar-refractivity contribution in [1.29, 1.82) is 0 Å². The van der Waals surface area contributed by atoms with E-state index in [4.69, 9.17) is 9.47 Å². The molecule has 0 radical (unpaired) electrons. The molecule has 5 heterocycles. The van der Waals surface area contributed by atoms with Gasteiger partial charge in [0.1, 0.15) is 12.5 Å². The molecule has 8 rings (SSSR count). The molecule has 1 saturated carbocycles. The molecule has 0 amide bonds. The van der Waals surface area contributed by atoms with E-state index < -0.39 is 0 Å². The maximum atomic E-state index is 6.55. The zero-order chi connectivity index (χ0) is 19.7. The Bertz CT molecular complexity index is 906. The molecule has 5 saturated heterocycles. The third-order valence-corrected chi connectivity index (χ3v) is 8.59. The first kappa shape index (κ1) is 17.9. The third kappa shape index (κ3) is 2.48. The van der Waals surface area contributed by atoms with Crippen molar-refractivity contribution in [2.24, 2.45) is 11.8 Å². The van der Waals surface area contributed by atoms with Gasteiger partial charge in [0.25, 0.3) is 0 Å². The van der Waals surface area contributed by atoms with Gasteiger partial charge in [-0.05, 0) is 42.7 Å². The van der Waals surface area contributed by atoms with Crippen LogP contribution in [0.5, 0.6) is 0 Å². The largest absolute Gasteiger partial charge is 0.361 e. The fraction of sp³-hybridized carbons (Fsp3) is 0.538. The quantitative estimate of drug-likeness (QED) is 0.745. The summed E-state index contributed by atoms with van der Waals surface area (Å²) in [5.41, 5.74) is 2.83. The Balaban J connectivity index is 1.24. The van der Waals surface area contributed by atoms with Crippen molar-refractivity contribution < 1.29 is 9.47 Å². The SMILES string of the molecule is c1ccc([C@@H]2CO[C@H]3CC[C@H]4[C@H]([C@H]5CC[C@@H]4N4[C@H](c6ccccc6)CO[C@@H]54)N32)cc1. The summed E-state index contributed by atoms with van der Waals surface area (Å²) in [6, 6.07) is 24.1. The Kier molecular flexibility index (Phi) is 4.12. The standard InChI is InChI=1S/C26H30N2O2/c1-3-7-17(8-4-1)22-16-30-26-20-11-13-21(27(22)26)19-12-14-24-28(25(19)20)23(15-29-24)18-9-5-2-6-10-18/h1-10,19-26H,11-16H2/t19-,20-,21+,22+,23+,24+,25-,26+/m1/s1. The normalized spacial score (nSPS) is 42.7. The monoisotopic (exact) mass is 402 g/mol. The first-order valence-electron chi connectivity index (χ1n) is 11.8. The fourth-order valence-electron chi connectivity index (χ4n) is 7.51. The van der Waals surface area contributed by atoms with Crippen molar-refractivity contribution >= 4 is 0 Å². The minimum Gasteiger partial charge on any atom is -0.361 e. The molecule has 0 unspecified atom stereocenters. The molecule has 2 bridgehead atoms. The summed E-state index contributed by atoms with van der Waals surface area (Å²) in [5, 5.41) is 0. The molecule has 2 aromatic rings. The van der Waals surface area contributed by atoms with Crippen molar-refractivity contribution in [2.75, 3.05) is 13.2 Å². The molecule has 0 aromatic heterocycles. The van der Waals surface area contributed by atoms with E-state index in [1.165, 1.54) is 36.8 Å². The van der Waals surface area contributed by atoms with Crippen LogP contribution in [0, 0.1) is 11.8 Å². The smallest absolute Gasteiger partial charge is 0.115 e. The Hall–Kier alpha value is -1.72. The summed E-state index contributed by atoms with van der Waals surface area (Å²) in [5.74, 6) is 1.32. The minimum absolute atomic E-state index is 0.269. The van der Waals surface area contributed by atoms with Gasteiger partial charge in [0.15, 0.2) is 0 Å². The number of hydrogen-bond donors (Lipinski definition) is 0. The maximum absolute atomic E-state index is 6.55. The van der Waals surface area contributed by atoms with Crippen molar-refractivity contribution in [3.8, 4) is 0 Å². The van der Waals surface area contributed by atoms with Crippen LogP contribution in [0.4, 0.5) is 0 Å². The van der Waals surface area contributed by atoms with Crippen LogP contribution >= 0.6 is 0 Å². The molecule has 1 aliphatic carbocycles. The second-order valence-electron chi connectivity index (χ2n) is 9.80. The molecule has 4 nitrogen and oxygen atoms in total. The van der Waals surface area contributed by atoms with Crippen molar-refractivity contribution in [3.63, 3.8) is 0 Å². The van der Waals surface area contributed by atoms with Crippen LogP contribution in [0.15, 0.2) is 60.7 Å². The van der Waals surface area contributed by atoms with Gasteiger partial charge in [-0.25, -0.2) is 0 Å². The molecule has 6 fully saturated rings. The van der Waals surface area contributed by atoms with E-state index in [9.17, 15) is 0 Å². The van der Waals surface area contributed by atoms with Crippen LogP contribution in [-0.4, -0.2) is 47.6 Å². The molecule has 6 aliphatic rings. The second kappa shape index (κ2) is 6.89. The summed E-state index contributed by atoms with van der Waals surface area (Å²) in [6.07, 6.45) is 5.63. The molecular formula is C26H30N2O2. The molecule has 30 heavy (non-hydrogen) atoms. The minimum atomic E-state index is 0.269. The molecule has 2 aromatic carbocycles. The summed E-state index contributed by atoms with van der Waals surface area (Å²) < 4.78 is 12.9. The van der Waals surface area contributed by atoms with Crippen molar-refractivity contribution in [1.82, 2.24) is 9.80 Å². The highest BCUT2D eigenvalue weighted by molar-refractivity contribution is 5.25. The molecule has 0 spiro atoms. The second-order valence-corrected chi connectivity index (χ2v) is 9.80. The lowest BCUT2D eigenvalue weighted by Crippen LogP contribution is -2.69. The average molecular weight is 403 g/mol. The van der Waals surface area contributed by atoms with Gasteiger partial charge in [0.2, 0.25) is 0 Å². The van der Waals surface area contributed by atoms with Crippen LogP contribution in [-0.2, 0) is 9.47 Å². The number of nitrogens with zero attached hydrogens (tertiary/aromatic N) is 2. The lowest BCUT2D eigenvalue weighted by atomic mass is 9.63. The fourth-order valence-corrected chi connectivity index (χ4v) is 7.51. The third-order valence-electron chi connectivity index (χ3n) is 8.59. The number of rotatable bonds is 2. The Morgan fingerprint density at radius 2 is 1.27 bits per heavy atom. The summed E-state index contributed by atoms with van der Waals surface area (Å²) in [6.45, 7) is 1.67. The summed E-state index contributed by atoms with van der Waals surface area (Å²) in [7, 11) is 0. The Labute approximate surface area is 178 Å². The Morgan fingerprint density at radius 3 is 2.00 bits per heavy atom. The van der Waals surface area contributed by atoms with Gasteiger partial charge < -0.3 is 9.47 Å². The molecule has 5 aliphatic heterocycles. The lowest BCUT2D eigenvalue weighted by molar-refractivity contribution is -0.199. The highest BCUT2D eigenvalue weighted by Crippen LogP contribution is 2.57. The van der Waals surface area contributed by atoms with Crippen LogP contribution in [0.1, 0.15) is 48.9 Å². The van der Waals surface area contributed by atoms with Crippen LogP contribution < -0.4 is 0 Å². The van der Waals surface area contributed by atoms with Crippen LogP contribution in [0.2, 0.25) is 0 Å². The van der Waals surface area contributed by atoms with E-state index in [0.717, 1.165) is 19.1 Å². The first-order valence-corrected chi connectivity index (χ1v) is 11.8. The van der Waals surface area contributed by atoms with Gasteiger partial charge in [-0.2, -0.15) is 0 Å². The van der Waals surface area contributed by atoms with Gasteiger partial charge >= 0.3 is 0 Å². The van der Waals surface area contributed by atoms with Gasteiger partial charge in [-0.15, -0.1) is 0 Å². The predicted molar refractivity (Wildman–Crippen MR) is 115 cm³/mol. The van der Waals surface area contributed by atoms with Crippen molar-refractivity contribution in [3.05, 3.63) is 71.8 Å². The van der Waals surface area contributed by atoms with Crippen LogP contribution in [0.3, 0.4) is 0 Å². The van der Waals surface area contributed by atoms with Gasteiger partial charge in [0.05, 0.1) is 25.3 Å². The van der Waals surface area contributed by atoms with Crippen LogP contribution in [0.25, 0.3) is 0 Å². The van der Waals surface area contributed by atoms with E-state index in [-0.39, 0.29) is 12.5 Å². The topological polar surface area (TPSA) is 24.9 Å². The summed E-state index contributed by atoms with van der Waals surface area (Å²) >= 11 is 0.